The van der Waals surface area contributed by atoms with E-state index in [0.29, 0.717) is 11.0 Å². The summed E-state index contributed by atoms with van der Waals surface area (Å²) in [6, 6.07) is 0. The molecule has 2 rings (SSSR count). The first-order valence-corrected chi connectivity index (χ1v) is 7.26. The van der Waals surface area contributed by atoms with Crippen LogP contribution in [0.4, 0.5) is 0 Å². The lowest BCUT2D eigenvalue weighted by atomic mass is 9.91. The second kappa shape index (κ2) is 4.27. The van der Waals surface area contributed by atoms with Crippen LogP contribution in [0.2, 0.25) is 0 Å². The average molecular weight is 228 g/mol. The first-order valence-electron chi connectivity index (χ1n) is 6.11. The molecule has 3 heteroatoms. The van der Waals surface area contributed by atoms with Gasteiger partial charge in [0.15, 0.2) is 0 Å². The van der Waals surface area contributed by atoms with Gasteiger partial charge in [0.1, 0.15) is 0 Å². The van der Waals surface area contributed by atoms with E-state index < -0.39 is 0 Å². The van der Waals surface area contributed by atoms with E-state index in [-0.39, 0.29) is 0 Å². The minimum atomic E-state index is 0.330. The first-order chi connectivity index (χ1) is 7.08. The van der Waals surface area contributed by atoms with Crippen molar-refractivity contribution in [2.45, 2.75) is 38.6 Å². The average Bonchev–Trinajstić information content (AvgIpc) is 2.60. The van der Waals surface area contributed by atoms with Gasteiger partial charge in [-0.1, -0.05) is 13.8 Å². The molecule has 0 saturated carbocycles. The molecule has 2 N–H and O–H groups in total. The molecule has 15 heavy (non-hydrogen) atoms. The fourth-order valence-corrected chi connectivity index (χ4v) is 4.21. The fourth-order valence-electron chi connectivity index (χ4n) is 2.89. The standard InChI is InChI=1S/C12H24N2S/c1-11(2)5-6-14(9-11)12(8-13)4-3-7-15-10-12/h3-10,13H2,1-2H3. The zero-order valence-electron chi connectivity index (χ0n) is 10.1. The molecule has 0 aliphatic carbocycles. The largest absolute Gasteiger partial charge is 0.329 e. The van der Waals surface area contributed by atoms with Gasteiger partial charge in [-0.05, 0) is 37.0 Å². The number of thioether (sulfide) groups is 1. The van der Waals surface area contributed by atoms with Crippen LogP contribution in [0, 0.1) is 5.41 Å². The van der Waals surface area contributed by atoms with E-state index in [4.69, 9.17) is 5.73 Å². The minimum absolute atomic E-state index is 0.330. The Kier molecular flexibility index (Phi) is 3.34. The Bertz CT molecular complexity index is 222. The Labute approximate surface area is 98.0 Å². The molecule has 2 aliphatic rings. The SMILES string of the molecule is CC1(C)CCN(C2(CN)CCCSC2)C1. The highest BCUT2D eigenvalue weighted by Gasteiger charge is 2.42. The Hall–Kier alpha value is 0.270. The van der Waals surface area contributed by atoms with Gasteiger partial charge in [-0.15, -0.1) is 0 Å². The molecule has 0 amide bonds. The highest BCUT2D eigenvalue weighted by Crippen LogP contribution is 2.38. The Morgan fingerprint density at radius 1 is 1.33 bits per heavy atom. The third-order valence-electron chi connectivity index (χ3n) is 4.03. The van der Waals surface area contributed by atoms with Gasteiger partial charge in [-0.25, -0.2) is 0 Å². The van der Waals surface area contributed by atoms with Gasteiger partial charge in [-0.2, -0.15) is 11.8 Å². The van der Waals surface area contributed by atoms with Gasteiger partial charge in [-0.3, -0.25) is 4.90 Å². The summed E-state index contributed by atoms with van der Waals surface area (Å²) >= 11 is 2.09. The smallest absolute Gasteiger partial charge is 0.0422 e. The molecule has 2 fully saturated rings. The van der Waals surface area contributed by atoms with Crippen LogP contribution in [0.25, 0.3) is 0 Å². The van der Waals surface area contributed by atoms with Crippen LogP contribution in [-0.2, 0) is 0 Å². The summed E-state index contributed by atoms with van der Waals surface area (Å²) in [5.41, 5.74) is 6.89. The van der Waals surface area contributed by atoms with E-state index in [2.05, 4.69) is 30.5 Å². The maximum Gasteiger partial charge on any atom is 0.0422 e. The van der Waals surface area contributed by atoms with Crippen molar-refractivity contribution in [3.8, 4) is 0 Å². The summed E-state index contributed by atoms with van der Waals surface area (Å²) in [6.07, 6.45) is 3.99. The second-order valence-electron chi connectivity index (χ2n) is 5.92. The van der Waals surface area contributed by atoms with Crippen molar-refractivity contribution in [2.75, 3.05) is 31.1 Å². The highest BCUT2D eigenvalue weighted by molar-refractivity contribution is 7.99. The molecule has 0 aromatic carbocycles. The number of hydrogen-bond acceptors (Lipinski definition) is 3. The molecular weight excluding hydrogens is 204 g/mol. The molecule has 1 unspecified atom stereocenters. The highest BCUT2D eigenvalue weighted by atomic mass is 32.2. The summed E-state index contributed by atoms with van der Waals surface area (Å²) in [7, 11) is 0. The molecule has 0 aromatic heterocycles. The molecule has 2 saturated heterocycles. The van der Waals surface area contributed by atoms with Crippen molar-refractivity contribution in [3.63, 3.8) is 0 Å². The zero-order chi connectivity index (χ0) is 10.9. The van der Waals surface area contributed by atoms with E-state index in [0.717, 1.165) is 6.54 Å². The summed E-state index contributed by atoms with van der Waals surface area (Å²) in [5.74, 6) is 2.58. The van der Waals surface area contributed by atoms with Crippen LogP contribution in [0.5, 0.6) is 0 Å². The topological polar surface area (TPSA) is 29.3 Å². The lowest BCUT2D eigenvalue weighted by Gasteiger charge is -2.44. The third kappa shape index (κ3) is 2.34. The van der Waals surface area contributed by atoms with Crippen LogP contribution < -0.4 is 5.73 Å². The molecule has 1 atom stereocenters. The molecule has 2 aliphatic heterocycles. The molecular formula is C12H24N2S. The summed E-state index contributed by atoms with van der Waals surface area (Å²) in [5, 5.41) is 0. The quantitative estimate of drug-likeness (QED) is 0.783. The van der Waals surface area contributed by atoms with Crippen molar-refractivity contribution < 1.29 is 0 Å². The predicted molar refractivity (Wildman–Crippen MR) is 68.3 cm³/mol. The zero-order valence-corrected chi connectivity index (χ0v) is 10.9. The maximum absolute atomic E-state index is 6.05. The second-order valence-corrected chi connectivity index (χ2v) is 7.03. The third-order valence-corrected chi connectivity index (χ3v) is 5.35. The van der Waals surface area contributed by atoms with Crippen molar-refractivity contribution in [1.29, 1.82) is 0 Å². The molecule has 88 valence electrons. The van der Waals surface area contributed by atoms with E-state index in [1.165, 1.54) is 43.9 Å². The van der Waals surface area contributed by atoms with Crippen LogP contribution in [0.1, 0.15) is 33.1 Å². The van der Waals surface area contributed by atoms with Gasteiger partial charge in [0.2, 0.25) is 0 Å². The van der Waals surface area contributed by atoms with E-state index in [1.54, 1.807) is 0 Å². The molecule has 2 heterocycles. The first kappa shape index (κ1) is 11.7. The summed E-state index contributed by atoms with van der Waals surface area (Å²) < 4.78 is 0. The van der Waals surface area contributed by atoms with Gasteiger partial charge >= 0.3 is 0 Å². The predicted octanol–water partition coefficient (Wildman–Crippen LogP) is 1.94. The summed E-state index contributed by atoms with van der Waals surface area (Å²) in [6.45, 7) is 8.10. The lowest BCUT2D eigenvalue weighted by molar-refractivity contribution is 0.120. The van der Waals surface area contributed by atoms with Crippen molar-refractivity contribution >= 4 is 11.8 Å². The lowest BCUT2D eigenvalue weighted by Crippen LogP contribution is -2.56. The monoisotopic (exact) mass is 228 g/mol. The summed E-state index contributed by atoms with van der Waals surface area (Å²) in [4.78, 5) is 2.68. The minimum Gasteiger partial charge on any atom is -0.329 e. The van der Waals surface area contributed by atoms with Crippen molar-refractivity contribution in [2.24, 2.45) is 11.1 Å². The van der Waals surface area contributed by atoms with E-state index in [1.807, 2.05) is 0 Å². The Balaban J connectivity index is 2.06. The van der Waals surface area contributed by atoms with Crippen LogP contribution >= 0.6 is 11.8 Å². The van der Waals surface area contributed by atoms with Gasteiger partial charge in [0, 0.05) is 24.4 Å². The number of nitrogens with zero attached hydrogens (tertiary/aromatic N) is 1. The van der Waals surface area contributed by atoms with Crippen molar-refractivity contribution in [3.05, 3.63) is 0 Å². The van der Waals surface area contributed by atoms with Crippen LogP contribution in [0.3, 0.4) is 0 Å². The van der Waals surface area contributed by atoms with Crippen LogP contribution in [-0.4, -0.2) is 41.6 Å². The number of rotatable bonds is 2. The van der Waals surface area contributed by atoms with Gasteiger partial charge in [0.25, 0.3) is 0 Å². The molecule has 0 radical (unpaired) electrons. The van der Waals surface area contributed by atoms with Gasteiger partial charge < -0.3 is 5.73 Å². The van der Waals surface area contributed by atoms with E-state index >= 15 is 0 Å². The number of hydrogen-bond donors (Lipinski definition) is 1. The number of nitrogens with two attached hydrogens (primary N) is 1. The fraction of sp³-hybridized carbons (Fsp3) is 1.00. The molecule has 0 aromatic rings. The number of likely N-dealkylation sites (tertiary alicyclic amines) is 1. The normalized spacial score (nSPS) is 37.0. The molecule has 2 nitrogen and oxygen atoms in total. The van der Waals surface area contributed by atoms with E-state index in [9.17, 15) is 0 Å². The van der Waals surface area contributed by atoms with Crippen LogP contribution in [0.15, 0.2) is 0 Å². The maximum atomic E-state index is 6.05. The Morgan fingerprint density at radius 3 is 2.60 bits per heavy atom. The molecule has 0 bridgehead atoms. The van der Waals surface area contributed by atoms with Crippen molar-refractivity contribution in [1.82, 2.24) is 4.90 Å². The molecule has 0 spiro atoms. The van der Waals surface area contributed by atoms with Gasteiger partial charge in [0.05, 0.1) is 0 Å². The Morgan fingerprint density at radius 2 is 2.13 bits per heavy atom.